The lowest BCUT2D eigenvalue weighted by molar-refractivity contribution is 0.299. The maximum Gasteiger partial charge on any atom is 0.245 e. The summed E-state index contributed by atoms with van der Waals surface area (Å²) in [7, 11) is 1.56. The number of hydrogen-bond donors (Lipinski definition) is 1. The molecule has 2 N–H and O–H groups in total. The number of nitrogen functional groups attached to an aromatic ring is 1. The first-order valence-corrected chi connectivity index (χ1v) is 5.99. The Balaban J connectivity index is 2.54. The van der Waals surface area contributed by atoms with Crippen LogP contribution in [0.15, 0.2) is 6.33 Å². The minimum Gasteiger partial charge on any atom is -0.479 e. The molecule has 2 aromatic heterocycles. The van der Waals surface area contributed by atoms with Crippen molar-refractivity contribution in [3.8, 4) is 5.88 Å². The minimum absolute atomic E-state index is 0.139. The number of fused-ring (bicyclic) bond motifs is 1. The molecular formula is C12H19N5O. The summed E-state index contributed by atoms with van der Waals surface area (Å²) in [4.78, 5) is 12.6. The van der Waals surface area contributed by atoms with E-state index in [9.17, 15) is 0 Å². The monoisotopic (exact) mass is 249 g/mol. The molecule has 0 aromatic carbocycles. The van der Waals surface area contributed by atoms with Crippen molar-refractivity contribution in [1.29, 1.82) is 0 Å². The van der Waals surface area contributed by atoms with E-state index in [-0.39, 0.29) is 5.41 Å². The molecule has 0 bridgehead atoms. The second-order valence-electron chi connectivity index (χ2n) is 5.13. The molecule has 2 rings (SSSR count). The normalized spacial score (nSPS) is 12.0. The van der Waals surface area contributed by atoms with Crippen LogP contribution in [0.25, 0.3) is 11.2 Å². The SMILES string of the molecule is CCC(C)(C)Cn1c(N)nc2c(OC)ncnc21. The molecule has 0 aliphatic rings. The standard InChI is InChI=1S/C12H19N5O/c1-5-12(2,3)6-17-9-8(16-11(17)13)10(18-4)15-7-14-9/h7H,5-6H2,1-4H3,(H2,13,16). The molecule has 2 heterocycles. The van der Waals surface area contributed by atoms with Crippen molar-refractivity contribution in [2.45, 2.75) is 33.7 Å². The van der Waals surface area contributed by atoms with Gasteiger partial charge >= 0.3 is 0 Å². The van der Waals surface area contributed by atoms with Gasteiger partial charge in [-0.25, -0.2) is 9.97 Å². The predicted octanol–water partition coefficient (Wildman–Crippen LogP) is 1.85. The Bertz CT molecular complexity index is 561. The van der Waals surface area contributed by atoms with Crippen LogP contribution >= 0.6 is 0 Å². The fourth-order valence-corrected chi connectivity index (χ4v) is 1.78. The summed E-state index contributed by atoms with van der Waals surface area (Å²) in [5.74, 6) is 0.907. The van der Waals surface area contributed by atoms with Crippen LogP contribution in [0.5, 0.6) is 5.88 Å². The third kappa shape index (κ3) is 2.10. The molecule has 2 aromatic rings. The number of anilines is 1. The Morgan fingerprint density at radius 1 is 1.39 bits per heavy atom. The van der Waals surface area contributed by atoms with Crippen molar-refractivity contribution < 1.29 is 4.74 Å². The lowest BCUT2D eigenvalue weighted by Crippen LogP contribution is -2.20. The third-order valence-electron chi connectivity index (χ3n) is 3.26. The number of aromatic nitrogens is 4. The van der Waals surface area contributed by atoms with Gasteiger partial charge in [-0.15, -0.1) is 0 Å². The number of hydrogen-bond acceptors (Lipinski definition) is 5. The highest BCUT2D eigenvalue weighted by Gasteiger charge is 2.21. The maximum atomic E-state index is 5.97. The van der Waals surface area contributed by atoms with Crippen LogP contribution in [-0.4, -0.2) is 26.6 Å². The van der Waals surface area contributed by atoms with Crippen LogP contribution in [0.2, 0.25) is 0 Å². The Morgan fingerprint density at radius 3 is 2.72 bits per heavy atom. The van der Waals surface area contributed by atoms with Gasteiger partial charge in [0.05, 0.1) is 7.11 Å². The summed E-state index contributed by atoms with van der Waals surface area (Å²) in [6.45, 7) is 7.31. The number of imidazole rings is 1. The summed E-state index contributed by atoms with van der Waals surface area (Å²) < 4.78 is 7.09. The summed E-state index contributed by atoms with van der Waals surface area (Å²) in [6.07, 6.45) is 2.52. The van der Waals surface area contributed by atoms with E-state index in [1.54, 1.807) is 7.11 Å². The van der Waals surface area contributed by atoms with Gasteiger partial charge in [0.2, 0.25) is 11.8 Å². The molecule has 6 heteroatoms. The number of methoxy groups -OCH3 is 1. The van der Waals surface area contributed by atoms with Gasteiger partial charge in [-0.05, 0) is 11.8 Å². The highest BCUT2D eigenvalue weighted by atomic mass is 16.5. The minimum atomic E-state index is 0.139. The van der Waals surface area contributed by atoms with Crippen LogP contribution in [0.4, 0.5) is 5.95 Å². The Hall–Kier alpha value is -1.85. The summed E-state index contributed by atoms with van der Waals surface area (Å²) in [6, 6.07) is 0. The summed E-state index contributed by atoms with van der Waals surface area (Å²) in [5, 5.41) is 0. The summed E-state index contributed by atoms with van der Waals surface area (Å²) in [5.41, 5.74) is 7.44. The van der Waals surface area contributed by atoms with E-state index >= 15 is 0 Å². The topological polar surface area (TPSA) is 78.9 Å². The van der Waals surface area contributed by atoms with Gasteiger partial charge in [-0.3, -0.25) is 4.57 Å². The zero-order valence-electron chi connectivity index (χ0n) is 11.3. The molecule has 0 amide bonds. The van der Waals surface area contributed by atoms with Gasteiger partial charge in [0.1, 0.15) is 6.33 Å². The second-order valence-corrected chi connectivity index (χ2v) is 5.13. The van der Waals surface area contributed by atoms with E-state index in [1.807, 2.05) is 4.57 Å². The first-order chi connectivity index (χ1) is 8.48. The van der Waals surface area contributed by atoms with Crippen molar-refractivity contribution in [2.75, 3.05) is 12.8 Å². The molecule has 0 radical (unpaired) electrons. The lowest BCUT2D eigenvalue weighted by atomic mass is 9.90. The fourth-order valence-electron chi connectivity index (χ4n) is 1.78. The number of nitrogens with two attached hydrogens (primary N) is 1. The van der Waals surface area contributed by atoms with Gasteiger partial charge < -0.3 is 10.5 Å². The molecule has 0 aliphatic carbocycles. The number of rotatable bonds is 4. The van der Waals surface area contributed by atoms with Gasteiger partial charge in [0, 0.05) is 6.54 Å². The molecule has 0 aliphatic heterocycles. The van der Waals surface area contributed by atoms with Crippen molar-refractivity contribution in [3.05, 3.63) is 6.33 Å². The molecule has 0 fully saturated rings. The van der Waals surface area contributed by atoms with E-state index in [1.165, 1.54) is 6.33 Å². The Morgan fingerprint density at radius 2 is 2.11 bits per heavy atom. The van der Waals surface area contributed by atoms with Gasteiger partial charge in [0.15, 0.2) is 11.2 Å². The molecule has 6 nitrogen and oxygen atoms in total. The van der Waals surface area contributed by atoms with Crippen molar-refractivity contribution >= 4 is 17.1 Å². The van der Waals surface area contributed by atoms with E-state index < -0.39 is 0 Å². The smallest absolute Gasteiger partial charge is 0.245 e. The van der Waals surface area contributed by atoms with Crippen LogP contribution in [-0.2, 0) is 6.54 Å². The highest BCUT2D eigenvalue weighted by Crippen LogP contribution is 2.28. The van der Waals surface area contributed by atoms with E-state index in [0.29, 0.717) is 17.3 Å². The number of nitrogens with zero attached hydrogens (tertiary/aromatic N) is 4. The predicted molar refractivity (Wildman–Crippen MR) is 70.4 cm³/mol. The Kier molecular flexibility index (Phi) is 3.11. The van der Waals surface area contributed by atoms with Crippen LogP contribution in [0.1, 0.15) is 27.2 Å². The quantitative estimate of drug-likeness (QED) is 0.894. The Labute approximate surface area is 106 Å². The second kappa shape index (κ2) is 4.44. The average molecular weight is 249 g/mol. The maximum absolute atomic E-state index is 5.97. The zero-order valence-corrected chi connectivity index (χ0v) is 11.3. The van der Waals surface area contributed by atoms with Gasteiger partial charge in [-0.1, -0.05) is 20.8 Å². The van der Waals surface area contributed by atoms with Crippen LogP contribution in [0, 0.1) is 5.41 Å². The van der Waals surface area contributed by atoms with Gasteiger partial charge in [0.25, 0.3) is 0 Å². The van der Waals surface area contributed by atoms with Crippen LogP contribution < -0.4 is 10.5 Å². The molecule has 0 unspecified atom stereocenters. The number of ether oxygens (including phenoxy) is 1. The van der Waals surface area contributed by atoms with E-state index in [4.69, 9.17) is 10.5 Å². The highest BCUT2D eigenvalue weighted by molar-refractivity contribution is 5.78. The molecule has 0 saturated carbocycles. The summed E-state index contributed by atoms with van der Waals surface area (Å²) >= 11 is 0. The first-order valence-electron chi connectivity index (χ1n) is 5.99. The van der Waals surface area contributed by atoms with E-state index in [2.05, 4.69) is 35.7 Å². The lowest BCUT2D eigenvalue weighted by Gasteiger charge is -2.23. The zero-order chi connectivity index (χ0) is 13.3. The van der Waals surface area contributed by atoms with Crippen molar-refractivity contribution in [3.63, 3.8) is 0 Å². The molecule has 0 saturated heterocycles. The fraction of sp³-hybridized carbons (Fsp3) is 0.583. The van der Waals surface area contributed by atoms with Crippen molar-refractivity contribution in [1.82, 2.24) is 19.5 Å². The molecule has 0 spiro atoms. The largest absolute Gasteiger partial charge is 0.479 e. The van der Waals surface area contributed by atoms with Gasteiger partial charge in [-0.2, -0.15) is 4.98 Å². The molecular weight excluding hydrogens is 230 g/mol. The van der Waals surface area contributed by atoms with Crippen LogP contribution in [0.3, 0.4) is 0 Å². The molecule has 98 valence electrons. The third-order valence-corrected chi connectivity index (χ3v) is 3.26. The molecule has 18 heavy (non-hydrogen) atoms. The van der Waals surface area contributed by atoms with Crippen molar-refractivity contribution in [2.24, 2.45) is 5.41 Å². The average Bonchev–Trinajstić information content (AvgIpc) is 2.66. The first kappa shape index (κ1) is 12.6. The molecule has 0 atom stereocenters. The van der Waals surface area contributed by atoms with E-state index in [0.717, 1.165) is 18.6 Å².